The number of carboxylic acids is 1. The van der Waals surface area contributed by atoms with E-state index in [0.717, 1.165) is 23.9 Å². The van der Waals surface area contributed by atoms with E-state index in [1.54, 1.807) is 0 Å². The van der Waals surface area contributed by atoms with Gasteiger partial charge in [-0.1, -0.05) is 32.5 Å². The quantitative estimate of drug-likeness (QED) is 0.860. The summed E-state index contributed by atoms with van der Waals surface area (Å²) in [6, 6.07) is 0.271. The fraction of sp³-hybridized carbons (Fsp3) is 0.692. The van der Waals surface area contributed by atoms with Crippen LogP contribution in [0.5, 0.6) is 0 Å². The van der Waals surface area contributed by atoms with E-state index in [1.807, 2.05) is 6.20 Å². The topological polar surface area (TPSA) is 64.3 Å². The molecule has 0 amide bonds. The molecule has 19 heavy (non-hydrogen) atoms. The highest BCUT2D eigenvalue weighted by molar-refractivity contribution is 7.99. The van der Waals surface area contributed by atoms with Gasteiger partial charge in [-0.3, -0.25) is 4.79 Å². The molecule has 106 valence electrons. The number of carboxylic acid groups (broad SMARTS) is 1. The number of carbonyl (C=O) groups is 1. The molecule has 1 saturated heterocycles. The van der Waals surface area contributed by atoms with Crippen molar-refractivity contribution in [2.24, 2.45) is 0 Å². The Morgan fingerprint density at radius 2 is 2.37 bits per heavy atom. The summed E-state index contributed by atoms with van der Waals surface area (Å²) in [5.74, 6) is -0.784. The van der Waals surface area contributed by atoms with Crippen LogP contribution >= 0.6 is 11.8 Å². The first-order valence-corrected chi connectivity index (χ1v) is 7.38. The summed E-state index contributed by atoms with van der Waals surface area (Å²) in [6.45, 7) is 7.86. The third-order valence-electron chi connectivity index (χ3n) is 3.13. The molecule has 1 aromatic heterocycles. The Morgan fingerprint density at radius 3 is 2.89 bits per heavy atom. The number of hydrogen-bond donors (Lipinski definition) is 1. The molecule has 1 fully saturated rings. The molecule has 0 aromatic carbocycles. The van der Waals surface area contributed by atoms with Gasteiger partial charge in [0.25, 0.3) is 0 Å². The fourth-order valence-corrected chi connectivity index (χ4v) is 2.98. The maximum absolute atomic E-state index is 10.7. The van der Waals surface area contributed by atoms with Crippen LogP contribution in [-0.4, -0.2) is 39.6 Å². The Balaban J connectivity index is 2.32. The minimum absolute atomic E-state index is 0.0162. The molecular weight excluding hydrogens is 264 g/mol. The van der Waals surface area contributed by atoms with Gasteiger partial charge in [0.05, 0.1) is 18.4 Å². The second-order valence-electron chi connectivity index (χ2n) is 5.75. The van der Waals surface area contributed by atoms with Crippen LogP contribution in [0.15, 0.2) is 11.4 Å². The first kappa shape index (κ1) is 14.4. The summed E-state index contributed by atoms with van der Waals surface area (Å²) in [7, 11) is 0. The zero-order chi connectivity index (χ0) is 14.0. The van der Waals surface area contributed by atoms with Crippen LogP contribution in [0.3, 0.4) is 0 Å². The van der Waals surface area contributed by atoms with Crippen molar-refractivity contribution < 1.29 is 14.6 Å². The summed E-state index contributed by atoms with van der Waals surface area (Å²) >= 11 is 1.28. The Labute approximate surface area is 117 Å². The molecule has 1 aromatic rings. The molecule has 0 saturated carbocycles. The van der Waals surface area contributed by atoms with E-state index in [2.05, 4.69) is 30.3 Å². The maximum atomic E-state index is 10.7. The second kappa shape index (κ2) is 5.54. The van der Waals surface area contributed by atoms with Gasteiger partial charge in [-0.2, -0.15) is 0 Å². The minimum atomic E-state index is -0.820. The van der Waals surface area contributed by atoms with E-state index in [9.17, 15) is 4.79 Å². The van der Waals surface area contributed by atoms with Crippen molar-refractivity contribution in [3.63, 3.8) is 0 Å². The number of hydrogen-bond acceptors (Lipinski definition) is 4. The average molecular weight is 284 g/mol. The monoisotopic (exact) mass is 284 g/mol. The van der Waals surface area contributed by atoms with Gasteiger partial charge in [-0.25, -0.2) is 4.98 Å². The number of thioether (sulfide) groups is 1. The average Bonchev–Trinajstić information content (AvgIpc) is 2.93. The van der Waals surface area contributed by atoms with Gasteiger partial charge >= 0.3 is 5.97 Å². The molecule has 1 aliphatic rings. The largest absolute Gasteiger partial charge is 0.481 e. The van der Waals surface area contributed by atoms with Gasteiger partial charge in [0.15, 0.2) is 5.16 Å². The van der Waals surface area contributed by atoms with Gasteiger partial charge in [0, 0.05) is 23.9 Å². The molecule has 1 unspecified atom stereocenters. The maximum Gasteiger partial charge on any atom is 0.313 e. The highest BCUT2D eigenvalue weighted by atomic mass is 32.2. The van der Waals surface area contributed by atoms with Crippen molar-refractivity contribution in [2.45, 2.75) is 43.8 Å². The van der Waals surface area contributed by atoms with Gasteiger partial charge in [-0.15, -0.1) is 0 Å². The number of ether oxygens (including phenoxy) is 1. The van der Waals surface area contributed by atoms with E-state index in [0.29, 0.717) is 6.61 Å². The molecule has 0 spiro atoms. The van der Waals surface area contributed by atoms with Crippen molar-refractivity contribution in [3.8, 4) is 0 Å². The first-order chi connectivity index (χ1) is 8.89. The second-order valence-corrected chi connectivity index (χ2v) is 6.69. The summed E-state index contributed by atoms with van der Waals surface area (Å²) in [4.78, 5) is 15.1. The van der Waals surface area contributed by atoms with E-state index in [1.165, 1.54) is 11.8 Å². The van der Waals surface area contributed by atoms with E-state index < -0.39 is 5.97 Å². The molecule has 1 N–H and O–H groups in total. The normalized spacial score (nSPS) is 19.8. The highest BCUT2D eigenvalue weighted by Crippen LogP contribution is 2.33. The number of rotatable bonds is 4. The summed E-state index contributed by atoms with van der Waals surface area (Å²) in [5.41, 5.74) is 1.12. The predicted octanol–water partition coefficient (Wildman–Crippen LogP) is 2.32. The summed E-state index contributed by atoms with van der Waals surface area (Å²) in [6.07, 6.45) is 2.82. The lowest BCUT2D eigenvalue weighted by Gasteiger charge is -2.25. The number of aliphatic carboxylic acids is 1. The molecule has 1 aliphatic heterocycles. The van der Waals surface area contributed by atoms with Gasteiger partial charge < -0.3 is 14.4 Å². The third kappa shape index (κ3) is 3.30. The molecule has 1 atom stereocenters. The van der Waals surface area contributed by atoms with Crippen LogP contribution in [0.2, 0.25) is 0 Å². The van der Waals surface area contributed by atoms with Crippen molar-refractivity contribution in [1.82, 2.24) is 9.55 Å². The lowest BCUT2D eigenvalue weighted by atomic mass is 9.92. The van der Waals surface area contributed by atoms with Gasteiger partial charge in [0.1, 0.15) is 0 Å². The third-order valence-corrected chi connectivity index (χ3v) is 4.08. The zero-order valence-corrected chi connectivity index (χ0v) is 12.4. The number of nitrogens with zero attached hydrogens (tertiary/aromatic N) is 2. The molecule has 5 nitrogen and oxygen atoms in total. The number of imidazole rings is 1. The van der Waals surface area contributed by atoms with Crippen molar-refractivity contribution in [2.75, 3.05) is 19.0 Å². The fourth-order valence-electron chi connectivity index (χ4n) is 2.21. The van der Waals surface area contributed by atoms with Crippen LogP contribution in [0, 0.1) is 0 Å². The predicted molar refractivity (Wildman–Crippen MR) is 73.8 cm³/mol. The summed E-state index contributed by atoms with van der Waals surface area (Å²) in [5, 5.41) is 9.60. The Morgan fingerprint density at radius 1 is 1.63 bits per heavy atom. The Kier molecular flexibility index (Phi) is 4.20. The van der Waals surface area contributed by atoms with Crippen LogP contribution < -0.4 is 0 Å². The SMILES string of the molecule is CC(C)(C)c1cnc(SCC(=O)O)n1C1CCOC1. The van der Waals surface area contributed by atoms with Gasteiger partial charge in [-0.05, 0) is 6.42 Å². The van der Waals surface area contributed by atoms with Crippen molar-refractivity contribution in [3.05, 3.63) is 11.9 Å². The molecule has 0 aliphatic carbocycles. The van der Waals surface area contributed by atoms with Crippen LogP contribution in [0.1, 0.15) is 38.9 Å². The molecular formula is C13H20N2O3S. The van der Waals surface area contributed by atoms with Gasteiger partial charge in [0.2, 0.25) is 0 Å². The van der Waals surface area contributed by atoms with Crippen molar-refractivity contribution >= 4 is 17.7 Å². The molecule has 2 rings (SSSR count). The molecule has 2 heterocycles. The van der Waals surface area contributed by atoms with E-state index in [-0.39, 0.29) is 17.2 Å². The van der Waals surface area contributed by atoms with Crippen LogP contribution in [0.25, 0.3) is 0 Å². The minimum Gasteiger partial charge on any atom is -0.481 e. The standard InChI is InChI=1S/C13H20N2O3S/c1-13(2,3)10-6-14-12(19-8-11(16)17)15(10)9-4-5-18-7-9/h6,9H,4-5,7-8H2,1-3H3,(H,16,17). The smallest absolute Gasteiger partial charge is 0.313 e. The lowest BCUT2D eigenvalue weighted by molar-refractivity contribution is -0.133. The highest BCUT2D eigenvalue weighted by Gasteiger charge is 2.28. The summed E-state index contributed by atoms with van der Waals surface area (Å²) < 4.78 is 7.62. The Hall–Kier alpha value is -1.01. The molecule has 0 bridgehead atoms. The van der Waals surface area contributed by atoms with E-state index >= 15 is 0 Å². The van der Waals surface area contributed by atoms with Crippen LogP contribution in [0.4, 0.5) is 0 Å². The molecule has 0 radical (unpaired) electrons. The van der Waals surface area contributed by atoms with Crippen LogP contribution in [-0.2, 0) is 14.9 Å². The molecule has 6 heteroatoms. The van der Waals surface area contributed by atoms with E-state index in [4.69, 9.17) is 9.84 Å². The van der Waals surface area contributed by atoms with Crippen molar-refractivity contribution in [1.29, 1.82) is 0 Å². The lowest BCUT2D eigenvalue weighted by Crippen LogP contribution is -2.22. The number of aromatic nitrogens is 2. The first-order valence-electron chi connectivity index (χ1n) is 6.39. The Bertz CT molecular complexity index is 459. The zero-order valence-electron chi connectivity index (χ0n) is 11.5.